The number of aryl methyl sites for hydroxylation is 1. The number of aliphatic carboxylic acids is 1. The molecule has 1 fully saturated rings. The van der Waals surface area contributed by atoms with Crippen molar-refractivity contribution >= 4 is 21.9 Å². The Hall–Kier alpha value is -1.94. The minimum Gasteiger partial charge on any atom is -0.480 e. The number of nitrogens with zero attached hydrogens (tertiary/aromatic N) is 3. The fourth-order valence-electron chi connectivity index (χ4n) is 2.96. The molecular formula is C15H23N3O6S. The Balaban J connectivity index is 2.16. The van der Waals surface area contributed by atoms with Gasteiger partial charge in [0.1, 0.15) is 12.3 Å². The first kappa shape index (κ1) is 19.4. The minimum absolute atomic E-state index is 0.0221. The number of hydrogen-bond donors (Lipinski definition) is 1. The first-order valence-corrected chi connectivity index (χ1v) is 9.84. The van der Waals surface area contributed by atoms with Gasteiger partial charge in [0.25, 0.3) is 5.91 Å². The average Bonchev–Trinajstić information content (AvgIpc) is 3.07. The second-order valence-corrected chi connectivity index (χ2v) is 8.09. The fourth-order valence-corrected chi connectivity index (χ4v) is 4.09. The summed E-state index contributed by atoms with van der Waals surface area (Å²) in [7, 11) is -3.28. The molecule has 0 saturated carbocycles. The summed E-state index contributed by atoms with van der Waals surface area (Å²) in [6, 6.07) is -0.353. The molecule has 1 aliphatic heterocycles. The Morgan fingerprint density at radius 3 is 2.52 bits per heavy atom. The van der Waals surface area contributed by atoms with Crippen LogP contribution in [0.1, 0.15) is 42.9 Å². The highest BCUT2D eigenvalue weighted by atomic mass is 32.2. The van der Waals surface area contributed by atoms with Crippen LogP contribution in [-0.2, 0) is 21.2 Å². The van der Waals surface area contributed by atoms with Gasteiger partial charge in [-0.1, -0.05) is 6.92 Å². The van der Waals surface area contributed by atoms with Crippen molar-refractivity contribution in [3.63, 3.8) is 0 Å². The minimum atomic E-state index is -3.28. The number of sulfonamides is 1. The van der Waals surface area contributed by atoms with E-state index in [1.54, 1.807) is 6.92 Å². The summed E-state index contributed by atoms with van der Waals surface area (Å²) in [5, 5.41) is 9.16. The summed E-state index contributed by atoms with van der Waals surface area (Å²) in [5.41, 5.74) is 0.118. The van der Waals surface area contributed by atoms with E-state index in [1.165, 1.54) is 15.6 Å². The predicted octanol–water partition coefficient (Wildman–Crippen LogP) is 0.578. The molecule has 0 aliphatic carbocycles. The Labute approximate surface area is 146 Å². The van der Waals surface area contributed by atoms with Crippen molar-refractivity contribution < 1.29 is 27.5 Å². The smallest absolute Gasteiger partial charge is 0.323 e. The number of carboxylic acid groups (broad SMARTS) is 1. The highest BCUT2D eigenvalue weighted by molar-refractivity contribution is 7.89. The number of carbonyl (C=O) groups is 2. The van der Waals surface area contributed by atoms with Crippen LogP contribution >= 0.6 is 0 Å². The quantitative estimate of drug-likeness (QED) is 0.742. The number of carbonyl (C=O) groups excluding carboxylic acids is 1. The van der Waals surface area contributed by atoms with Gasteiger partial charge in [-0.15, -0.1) is 0 Å². The molecule has 1 aromatic heterocycles. The molecule has 0 spiro atoms. The Kier molecular flexibility index (Phi) is 6.17. The third kappa shape index (κ3) is 4.37. The van der Waals surface area contributed by atoms with Crippen molar-refractivity contribution in [2.24, 2.45) is 0 Å². The van der Waals surface area contributed by atoms with E-state index in [1.807, 2.05) is 6.92 Å². The predicted molar refractivity (Wildman–Crippen MR) is 88.6 cm³/mol. The second kappa shape index (κ2) is 7.96. The van der Waals surface area contributed by atoms with Gasteiger partial charge in [-0.25, -0.2) is 17.7 Å². The van der Waals surface area contributed by atoms with Gasteiger partial charge in [0.15, 0.2) is 12.1 Å². The number of hydrogen-bond acceptors (Lipinski definition) is 6. The van der Waals surface area contributed by atoms with Gasteiger partial charge in [0.2, 0.25) is 10.0 Å². The lowest BCUT2D eigenvalue weighted by Gasteiger charge is -2.37. The van der Waals surface area contributed by atoms with Crippen LogP contribution in [0, 0.1) is 0 Å². The van der Waals surface area contributed by atoms with Gasteiger partial charge >= 0.3 is 5.97 Å². The molecule has 140 valence electrons. The molecule has 10 heteroatoms. The van der Waals surface area contributed by atoms with E-state index in [4.69, 9.17) is 9.52 Å². The molecular weight excluding hydrogens is 350 g/mol. The van der Waals surface area contributed by atoms with Crippen molar-refractivity contribution in [2.75, 3.05) is 25.4 Å². The molecule has 0 radical (unpaired) electrons. The molecule has 0 bridgehead atoms. The molecule has 1 amide bonds. The van der Waals surface area contributed by atoms with E-state index in [2.05, 4.69) is 4.98 Å². The third-order valence-electron chi connectivity index (χ3n) is 4.35. The second-order valence-electron chi connectivity index (χ2n) is 5.84. The molecule has 1 aromatic rings. The first-order chi connectivity index (χ1) is 11.8. The van der Waals surface area contributed by atoms with Crippen molar-refractivity contribution in [3.05, 3.63) is 17.8 Å². The van der Waals surface area contributed by atoms with Gasteiger partial charge in [-0.2, -0.15) is 0 Å². The summed E-state index contributed by atoms with van der Waals surface area (Å²) >= 11 is 0. The van der Waals surface area contributed by atoms with Crippen LogP contribution < -0.4 is 0 Å². The molecule has 2 rings (SSSR count). The van der Waals surface area contributed by atoms with Crippen LogP contribution in [0.3, 0.4) is 0 Å². The molecule has 0 aromatic carbocycles. The maximum atomic E-state index is 12.8. The van der Waals surface area contributed by atoms with E-state index in [0.717, 1.165) is 0 Å². The highest BCUT2D eigenvalue weighted by Crippen LogP contribution is 2.22. The van der Waals surface area contributed by atoms with E-state index in [-0.39, 0.29) is 30.6 Å². The molecule has 2 heterocycles. The molecule has 1 aliphatic rings. The SMILES string of the molecule is CCc1ocnc1C(=O)N(CC(=O)O)C1CCN(S(=O)(=O)CC)CC1. The fraction of sp³-hybridized carbons (Fsp3) is 0.667. The average molecular weight is 373 g/mol. The number of aromatic nitrogens is 1. The van der Waals surface area contributed by atoms with E-state index in [0.29, 0.717) is 25.0 Å². The summed E-state index contributed by atoms with van der Waals surface area (Å²) in [6.45, 7) is 3.47. The Morgan fingerprint density at radius 2 is 2.00 bits per heavy atom. The van der Waals surface area contributed by atoms with Gasteiger partial charge in [0, 0.05) is 25.6 Å². The van der Waals surface area contributed by atoms with Crippen LogP contribution in [0.4, 0.5) is 0 Å². The van der Waals surface area contributed by atoms with Crippen LogP contribution in [0.15, 0.2) is 10.8 Å². The Bertz CT molecular complexity index is 721. The van der Waals surface area contributed by atoms with Crippen LogP contribution in [0.2, 0.25) is 0 Å². The highest BCUT2D eigenvalue weighted by Gasteiger charge is 2.34. The molecule has 9 nitrogen and oxygen atoms in total. The lowest BCUT2D eigenvalue weighted by Crippen LogP contribution is -2.50. The third-order valence-corrected chi connectivity index (χ3v) is 6.23. The van der Waals surface area contributed by atoms with Crippen LogP contribution in [0.25, 0.3) is 0 Å². The normalized spacial score (nSPS) is 16.7. The zero-order valence-corrected chi connectivity index (χ0v) is 15.2. The molecule has 0 unspecified atom stereocenters. The first-order valence-electron chi connectivity index (χ1n) is 8.23. The van der Waals surface area contributed by atoms with Crippen molar-refractivity contribution in [3.8, 4) is 0 Å². The summed E-state index contributed by atoms with van der Waals surface area (Å²) in [6.07, 6.45) is 2.41. The summed E-state index contributed by atoms with van der Waals surface area (Å²) < 4.78 is 30.4. The van der Waals surface area contributed by atoms with Crippen LogP contribution in [0.5, 0.6) is 0 Å². The van der Waals surface area contributed by atoms with Gasteiger partial charge < -0.3 is 14.4 Å². The van der Waals surface area contributed by atoms with Crippen molar-refractivity contribution in [2.45, 2.75) is 39.2 Å². The topological polar surface area (TPSA) is 121 Å². The number of carboxylic acids is 1. The number of oxazole rings is 1. The standard InChI is InChI=1S/C15H23N3O6S/c1-3-12-14(16-10-24-12)15(21)18(9-13(19)20)11-5-7-17(8-6-11)25(22,23)4-2/h10-11H,3-9H2,1-2H3,(H,19,20). The maximum Gasteiger partial charge on any atom is 0.323 e. The number of piperidine rings is 1. The molecule has 0 atom stereocenters. The van der Waals surface area contributed by atoms with E-state index >= 15 is 0 Å². The van der Waals surface area contributed by atoms with E-state index < -0.39 is 28.4 Å². The molecule has 1 saturated heterocycles. The largest absolute Gasteiger partial charge is 0.480 e. The Morgan fingerprint density at radius 1 is 1.36 bits per heavy atom. The van der Waals surface area contributed by atoms with Gasteiger partial charge in [-0.05, 0) is 19.8 Å². The van der Waals surface area contributed by atoms with Gasteiger partial charge in [0.05, 0.1) is 5.75 Å². The summed E-state index contributed by atoms with van der Waals surface area (Å²) in [4.78, 5) is 29.1. The molecule has 1 N–H and O–H groups in total. The lowest BCUT2D eigenvalue weighted by molar-refractivity contribution is -0.138. The summed E-state index contributed by atoms with van der Waals surface area (Å²) in [5.74, 6) is -1.19. The number of rotatable bonds is 7. The van der Waals surface area contributed by atoms with Gasteiger partial charge in [-0.3, -0.25) is 9.59 Å². The molecule has 25 heavy (non-hydrogen) atoms. The zero-order chi connectivity index (χ0) is 18.6. The lowest BCUT2D eigenvalue weighted by atomic mass is 10.0. The monoisotopic (exact) mass is 373 g/mol. The van der Waals surface area contributed by atoms with Crippen molar-refractivity contribution in [1.29, 1.82) is 0 Å². The number of amides is 1. The van der Waals surface area contributed by atoms with Crippen LogP contribution in [-0.4, -0.2) is 71.0 Å². The van der Waals surface area contributed by atoms with E-state index in [9.17, 15) is 18.0 Å². The van der Waals surface area contributed by atoms with Crippen molar-refractivity contribution in [1.82, 2.24) is 14.2 Å². The maximum absolute atomic E-state index is 12.8. The zero-order valence-electron chi connectivity index (χ0n) is 14.3.